The van der Waals surface area contributed by atoms with Crippen molar-refractivity contribution in [1.82, 2.24) is 0 Å². The zero-order valence-electron chi connectivity index (χ0n) is 15.5. The number of carbonyl (C=O) groups is 1. The number of ketones is 1. The molecule has 1 aromatic carbocycles. The van der Waals surface area contributed by atoms with Crippen molar-refractivity contribution >= 4 is 33.4 Å². The molecule has 2 aliphatic rings. The SMILES string of the molecule is COC1=C(C(C)C)C(Br)=C2C(=Cc3cc(OC)c(C(C)C)cc32)C1=O. The summed E-state index contributed by atoms with van der Waals surface area (Å²) in [6.45, 7) is 8.43. The van der Waals surface area contributed by atoms with Gasteiger partial charge in [-0.25, -0.2) is 0 Å². The van der Waals surface area contributed by atoms with Gasteiger partial charge < -0.3 is 9.47 Å². The van der Waals surface area contributed by atoms with Gasteiger partial charge in [0, 0.05) is 21.2 Å². The lowest BCUT2D eigenvalue weighted by Gasteiger charge is -2.24. The minimum absolute atomic E-state index is 0.0503. The topological polar surface area (TPSA) is 35.5 Å². The zero-order valence-corrected chi connectivity index (χ0v) is 17.1. The van der Waals surface area contributed by atoms with E-state index in [0.29, 0.717) is 17.3 Å². The normalized spacial score (nSPS) is 16.5. The number of rotatable bonds is 4. The molecule has 0 radical (unpaired) electrons. The Morgan fingerprint density at radius 2 is 1.68 bits per heavy atom. The van der Waals surface area contributed by atoms with Crippen LogP contribution < -0.4 is 4.74 Å². The number of benzene rings is 1. The number of methoxy groups -OCH3 is 2. The summed E-state index contributed by atoms with van der Waals surface area (Å²) in [5, 5.41) is 0. The van der Waals surface area contributed by atoms with Gasteiger partial charge in [-0.3, -0.25) is 4.79 Å². The molecule has 0 fully saturated rings. The van der Waals surface area contributed by atoms with Gasteiger partial charge in [-0.1, -0.05) is 27.7 Å². The zero-order chi connectivity index (χ0) is 18.5. The molecule has 1 aromatic rings. The molecule has 0 saturated heterocycles. The standard InChI is InChI=1S/C21H23BrO3/c1-10(2)13-9-14-12(8-16(13)24-5)7-15-18(14)19(22)17(11(3)4)21(25-6)20(15)23/h7-11H,1-6H3. The third kappa shape index (κ3) is 2.67. The summed E-state index contributed by atoms with van der Waals surface area (Å²) in [6, 6.07) is 4.18. The molecule has 0 unspecified atom stereocenters. The van der Waals surface area contributed by atoms with E-state index in [2.05, 4.69) is 49.7 Å². The van der Waals surface area contributed by atoms with E-state index in [1.165, 1.54) is 0 Å². The number of hydrogen-bond donors (Lipinski definition) is 0. The highest BCUT2D eigenvalue weighted by atomic mass is 79.9. The molecule has 3 rings (SSSR count). The number of halogens is 1. The van der Waals surface area contributed by atoms with Crippen molar-refractivity contribution in [3.63, 3.8) is 0 Å². The van der Waals surface area contributed by atoms with Gasteiger partial charge in [-0.2, -0.15) is 0 Å². The Kier molecular flexibility index (Phi) is 4.67. The number of allylic oxidation sites excluding steroid dienone is 4. The van der Waals surface area contributed by atoms with Crippen LogP contribution in [0.4, 0.5) is 0 Å². The molecule has 0 aliphatic heterocycles. The summed E-state index contributed by atoms with van der Waals surface area (Å²) in [5.74, 6) is 1.75. The lowest BCUT2D eigenvalue weighted by molar-refractivity contribution is -0.114. The highest BCUT2D eigenvalue weighted by Crippen LogP contribution is 2.50. The summed E-state index contributed by atoms with van der Waals surface area (Å²) in [4.78, 5) is 13.0. The first-order valence-electron chi connectivity index (χ1n) is 8.49. The lowest BCUT2D eigenvalue weighted by atomic mass is 9.85. The Balaban J connectivity index is 2.30. The molecule has 0 spiro atoms. The van der Waals surface area contributed by atoms with Crippen LogP contribution in [-0.4, -0.2) is 20.0 Å². The van der Waals surface area contributed by atoms with Crippen molar-refractivity contribution in [2.75, 3.05) is 14.2 Å². The van der Waals surface area contributed by atoms with Gasteiger partial charge in [0.25, 0.3) is 0 Å². The molecular formula is C21H23BrO3. The summed E-state index contributed by atoms with van der Waals surface area (Å²) >= 11 is 3.76. The van der Waals surface area contributed by atoms with E-state index < -0.39 is 0 Å². The van der Waals surface area contributed by atoms with Crippen molar-refractivity contribution < 1.29 is 14.3 Å². The third-order valence-corrected chi connectivity index (χ3v) is 5.62. The maximum absolute atomic E-state index is 13.0. The van der Waals surface area contributed by atoms with Crippen LogP contribution in [-0.2, 0) is 9.53 Å². The molecule has 0 N–H and O–H groups in total. The molecule has 0 amide bonds. The first-order chi connectivity index (χ1) is 11.8. The van der Waals surface area contributed by atoms with Gasteiger partial charge in [0.1, 0.15) is 5.75 Å². The first-order valence-corrected chi connectivity index (χ1v) is 9.28. The quantitative estimate of drug-likeness (QED) is 0.670. The van der Waals surface area contributed by atoms with Crippen LogP contribution in [0.3, 0.4) is 0 Å². The predicted octanol–water partition coefficient (Wildman–Crippen LogP) is 5.46. The number of carbonyl (C=O) groups excluding carboxylic acids is 1. The van der Waals surface area contributed by atoms with E-state index in [9.17, 15) is 4.79 Å². The molecule has 4 heteroatoms. The first kappa shape index (κ1) is 18.0. The van der Waals surface area contributed by atoms with Crippen molar-refractivity contribution in [2.24, 2.45) is 5.92 Å². The number of ether oxygens (including phenoxy) is 2. The number of fused-ring (bicyclic) bond motifs is 3. The van der Waals surface area contributed by atoms with Crippen molar-refractivity contribution in [1.29, 1.82) is 0 Å². The number of Topliss-reactive ketones (excluding diaryl/α,β-unsaturated/α-hetero) is 1. The van der Waals surface area contributed by atoms with E-state index in [1.807, 2.05) is 12.1 Å². The predicted molar refractivity (Wildman–Crippen MR) is 105 cm³/mol. The van der Waals surface area contributed by atoms with Gasteiger partial charge in [0.15, 0.2) is 5.76 Å². The summed E-state index contributed by atoms with van der Waals surface area (Å²) in [7, 11) is 3.24. The summed E-state index contributed by atoms with van der Waals surface area (Å²) in [6.07, 6.45) is 1.94. The Morgan fingerprint density at radius 1 is 1.00 bits per heavy atom. The van der Waals surface area contributed by atoms with Crippen LogP contribution in [0.15, 0.2) is 33.5 Å². The monoisotopic (exact) mass is 402 g/mol. The highest BCUT2D eigenvalue weighted by Gasteiger charge is 2.37. The number of hydrogen-bond acceptors (Lipinski definition) is 3. The molecule has 3 nitrogen and oxygen atoms in total. The van der Waals surface area contributed by atoms with Crippen LogP contribution in [0.1, 0.15) is 50.3 Å². The van der Waals surface area contributed by atoms with E-state index in [1.54, 1.807) is 14.2 Å². The Bertz CT molecular complexity index is 854. The van der Waals surface area contributed by atoms with Gasteiger partial charge in [0.05, 0.1) is 14.2 Å². The minimum Gasteiger partial charge on any atom is -0.496 e. The third-order valence-electron chi connectivity index (χ3n) is 4.80. The van der Waals surface area contributed by atoms with E-state index in [-0.39, 0.29) is 11.7 Å². The average Bonchev–Trinajstić information content (AvgIpc) is 2.94. The average molecular weight is 403 g/mol. The molecule has 132 valence electrons. The molecule has 0 heterocycles. The molecule has 0 saturated carbocycles. The lowest BCUT2D eigenvalue weighted by Crippen LogP contribution is -2.18. The molecule has 0 bridgehead atoms. The fourth-order valence-corrected chi connectivity index (χ4v) is 4.63. The molecule has 0 aromatic heterocycles. The van der Waals surface area contributed by atoms with Crippen molar-refractivity contribution in [3.8, 4) is 5.75 Å². The van der Waals surface area contributed by atoms with Gasteiger partial charge in [-0.15, -0.1) is 0 Å². The largest absolute Gasteiger partial charge is 0.496 e. The smallest absolute Gasteiger partial charge is 0.228 e. The van der Waals surface area contributed by atoms with E-state index in [0.717, 1.165) is 38.1 Å². The van der Waals surface area contributed by atoms with Crippen LogP contribution >= 0.6 is 15.9 Å². The molecule has 0 atom stereocenters. The van der Waals surface area contributed by atoms with Crippen LogP contribution in [0.2, 0.25) is 0 Å². The summed E-state index contributed by atoms with van der Waals surface area (Å²) < 4.78 is 12.0. The molecule has 2 aliphatic carbocycles. The summed E-state index contributed by atoms with van der Waals surface area (Å²) in [5.41, 5.74) is 5.81. The molecule has 25 heavy (non-hydrogen) atoms. The van der Waals surface area contributed by atoms with Crippen molar-refractivity contribution in [3.05, 3.63) is 50.2 Å². The van der Waals surface area contributed by atoms with Crippen LogP contribution in [0.5, 0.6) is 5.75 Å². The van der Waals surface area contributed by atoms with E-state index >= 15 is 0 Å². The highest BCUT2D eigenvalue weighted by molar-refractivity contribution is 9.12. The maximum atomic E-state index is 13.0. The Labute approximate surface area is 157 Å². The fraction of sp³-hybridized carbons (Fsp3) is 0.381. The Hall–Kier alpha value is -1.81. The van der Waals surface area contributed by atoms with Gasteiger partial charge in [0.2, 0.25) is 5.78 Å². The fourth-order valence-electron chi connectivity index (χ4n) is 3.56. The van der Waals surface area contributed by atoms with Gasteiger partial charge >= 0.3 is 0 Å². The van der Waals surface area contributed by atoms with Crippen LogP contribution in [0, 0.1) is 5.92 Å². The van der Waals surface area contributed by atoms with Gasteiger partial charge in [-0.05, 0) is 62.7 Å². The maximum Gasteiger partial charge on any atom is 0.228 e. The van der Waals surface area contributed by atoms with Crippen molar-refractivity contribution in [2.45, 2.75) is 33.6 Å². The second-order valence-electron chi connectivity index (χ2n) is 7.01. The molecular weight excluding hydrogens is 380 g/mol. The minimum atomic E-state index is -0.0503. The second-order valence-corrected chi connectivity index (χ2v) is 7.81. The second kappa shape index (κ2) is 6.49. The Morgan fingerprint density at radius 3 is 2.20 bits per heavy atom. The van der Waals surface area contributed by atoms with E-state index in [4.69, 9.17) is 9.47 Å². The van der Waals surface area contributed by atoms with Crippen LogP contribution in [0.25, 0.3) is 11.6 Å².